The van der Waals surface area contributed by atoms with Gasteiger partial charge in [-0.2, -0.15) is 36.7 Å². The van der Waals surface area contributed by atoms with Crippen LogP contribution < -0.4 is 5.32 Å². The molecule has 0 saturated carbocycles. The topological polar surface area (TPSA) is 70.7 Å². The Labute approximate surface area is 157 Å². The van der Waals surface area contributed by atoms with E-state index in [1.54, 1.807) is 0 Å². The molecule has 5 nitrogen and oxygen atoms in total. The van der Waals surface area contributed by atoms with Gasteiger partial charge in [-0.3, -0.25) is 4.79 Å². The van der Waals surface area contributed by atoms with Crippen molar-refractivity contribution in [3.63, 3.8) is 0 Å². The van der Waals surface area contributed by atoms with Gasteiger partial charge in [-0.05, 0) is 12.1 Å². The van der Waals surface area contributed by atoms with Crippen LogP contribution in [0.3, 0.4) is 0 Å². The Morgan fingerprint density at radius 3 is 2.07 bits per heavy atom. The number of carbonyl (C=O) groups excluding carboxylic acids is 1. The summed E-state index contributed by atoms with van der Waals surface area (Å²) in [4.78, 5) is 11.6. The number of hydrogen-bond donors (Lipinski definition) is 1. The van der Waals surface area contributed by atoms with Crippen molar-refractivity contribution in [1.29, 1.82) is 5.26 Å². The molecule has 0 fully saturated rings. The first-order valence-electron chi connectivity index (χ1n) is 6.72. The standard InChI is InChI=1S/C14H6Cl2F6N4O/c1-24-12-9(11(27)14(20,21)22)8(4-23)25-26(12)10-6(15)2-5(3-7(10)16)13(17,18)19/h2-3,24H,1H3. The molecule has 0 bridgehead atoms. The number of halogens is 8. The minimum atomic E-state index is -5.32. The number of nitrogens with one attached hydrogen (secondary N) is 1. The van der Waals surface area contributed by atoms with Crippen LogP contribution in [-0.2, 0) is 6.18 Å². The van der Waals surface area contributed by atoms with Crippen molar-refractivity contribution < 1.29 is 31.1 Å². The third kappa shape index (κ3) is 3.81. The number of benzene rings is 1. The predicted molar refractivity (Wildman–Crippen MR) is 83.2 cm³/mol. The molecule has 0 spiro atoms. The largest absolute Gasteiger partial charge is 0.455 e. The van der Waals surface area contributed by atoms with Gasteiger partial charge in [0.2, 0.25) is 0 Å². The van der Waals surface area contributed by atoms with Crippen LogP contribution >= 0.6 is 23.2 Å². The second kappa shape index (κ2) is 6.94. The predicted octanol–water partition coefficient (Wildman–Crippen LogP) is 4.86. The number of anilines is 1. The molecule has 1 N–H and O–H groups in total. The summed E-state index contributed by atoms with van der Waals surface area (Å²) < 4.78 is 77.5. The van der Waals surface area contributed by atoms with E-state index < -0.39 is 56.5 Å². The molecule has 0 unspecified atom stereocenters. The van der Waals surface area contributed by atoms with Crippen LogP contribution in [0.5, 0.6) is 0 Å². The highest BCUT2D eigenvalue weighted by molar-refractivity contribution is 6.38. The van der Waals surface area contributed by atoms with Crippen LogP contribution in [0.4, 0.5) is 32.2 Å². The molecule has 0 aliphatic heterocycles. The van der Waals surface area contributed by atoms with E-state index in [-0.39, 0.29) is 0 Å². The summed E-state index contributed by atoms with van der Waals surface area (Å²) in [5.41, 5.74) is -3.66. The Kier molecular flexibility index (Phi) is 5.36. The molecular formula is C14H6Cl2F6N4O. The molecule has 0 aliphatic rings. The second-order valence-electron chi connectivity index (χ2n) is 4.96. The van der Waals surface area contributed by atoms with E-state index in [9.17, 15) is 31.1 Å². The van der Waals surface area contributed by atoms with Crippen LogP contribution in [0.25, 0.3) is 5.69 Å². The van der Waals surface area contributed by atoms with Crippen molar-refractivity contribution in [3.05, 3.63) is 39.0 Å². The summed E-state index contributed by atoms with van der Waals surface area (Å²) in [7, 11) is 1.12. The van der Waals surface area contributed by atoms with Gasteiger partial charge in [0.1, 0.15) is 23.1 Å². The number of carbonyl (C=O) groups is 1. The van der Waals surface area contributed by atoms with E-state index in [2.05, 4.69) is 10.4 Å². The number of Topliss-reactive ketones (excluding diaryl/α,β-unsaturated/α-hetero) is 1. The average molecular weight is 431 g/mol. The van der Waals surface area contributed by atoms with E-state index in [0.717, 1.165) is 7.05 Å². The maximum absolute atomic E-state index is 12.8. The van der Waals surface area contributed by atoms with Crippen LogP contribution in [0.1, 0.15) is 21.6 Å². The highest BCUT2D eigenvalue weighted by atomic mass is 35.5. The number of ketones is 1. The average Bonchev–Trinajstić information content (AvgIpc) is 2.89. The van der Waals surface area contributed by atoms with Crippen molar-refractivity contribution in [2.24, 2.45) is 0 Å². The number of nitrogens with zero attached hydrogens (tertiary/aromatic N) is 3. The lowest BCUT2D eigenvalue weighted by atomic mass is 10.1. The van der Waals surface area contributed by atoms with Crippen molar-refractivity contribution in [2.45, 2.75) is 12.4 Å². The minimum absolute atomic E-state index is 0.437. The molecule has 0 aliphatic carbocycles. The zero-order chi connectivity index (χ0) is 20.7. The molecule has 2 rings (SSSR count). The summed E-state index contributed by atoms with van der Waals surface area (Å²) >= 11 is 11.6. The maximum Gasteiger partial charge on any atom is 0.455 e. The maximum atomic E-state index is 12.8. The van der Waals surface area contributed by atoms with E-state index in [0.29, 0.717) is 16.8 Å². The molecule has 27 heavy (non-hydrogen) atoms. The van der Waals surface area contributed by atoms with Gasteiger partial charge in [-0.15, -0.1) is 0 Å². The van der Waals surface area contributed by atoms with Crippen molar-refractivity contribution in [1.82, 2.24) is 9.78 Å². The van der Waals surface area contributed by atoms with Crippen LogP contribution in [0.2, 0.25) is 10.0 Å². The van der Waals surface area contributed by atoms with E-state index >= 15 is 0 Å². The lowest BCUT2D eigenvalue weighted by molar-refractivity contribution is -0.137. The van der Waals surface area contributed by atoms with Gasteiger partial charge in [0.25, 0.3) is 5.78 Å². The van der Waals surface area contributed by atoms with Crippen LogP contribution in [-0.4, -0.2) is 28.8 Å². The molecule has 2 aromatic rings. The Balaban J connectivity index is 2.81. The molecule has 1 aromatic carbocycles. The SMILES string of the molecule is CNc1c(C(=O)C(F)(F)F)c(C#N)nn1-c1c(Cl)cc(C(F)(F)F)cc1Cl. The molecule has 1 heterocycles. The molecule has 0 radical (unpaired) electrons. The second-order valence-corrected chi connectivity index (χ2v) is 5.77. The molecule has 1 aromatic heterocycles. The molecular weight excluding hydrogens is 425 g/mol. The Hall–Kier alpha value is -2.45. The summed E-state index contributed by atoms with van der Waals surface area (Å²) in [5.74, 6) is -2.98. The summed E-state index contributed by atoms with van der Waals surface area (Å²) in [6.07, 6.45) is -10.1. The first-order chi connectivity index (χ1) is 12.3. The van der Waals surface area contributed by atoms with Crippen molar-refractivity contribution in [3.8, 4) is 11.8 Å². The van der Waals surface area contributed by atoms with Gasteiger partial charge >= 0.3 is 12.4 Å². The van der Waals surface area contributed by atoms with Crippen LogP contribution in [0, 0.1) is 11.3 Å². The normalized spacial score (nSPS) is 12.0. The summed E-state index contributed by atoms with van der Waals surface area (Å²) in [6.45, 7) is 0. The zero-order valence-corrected chi connectivity index (χ0v) is 14.4. The van der Waals surface area contributed by atoms with Gasteiger partial charge in [0, 0.05) is 7.05 Å². The Morgan fingerprint density at radius 1 is 1.19 bits per heavy atom. The van der Waals surface area contributed by atoms with Crippen molar-refractivity contribution >= 4 is 34.8 Å². The molecule has 0 amide bonds. The highest BCUT2D eigenvalue weighted by Gasteiger charge is 2.44. The fourth-order valence-electron chi connectivity index (χ4n) is 2.18. The summed E-state index contributed by atoms with van der Waals surface area (Å²) in [6, 6.07) is 2.30. The van der Waals surface area contributed by atoms with E-state index in [1.165, 1.54) is 6.07 Å². The van der Waals surface area contributed by atoms with E-state index in [4.69, 9.17) is 28.5 Å². The van der Waals surface area contributed by atoms with Gasteiger partial charge < -0.3 is 5.32 Å². The van der Waals surface area contributed by atoms with Crippen LogP contribution in [0.15, 0.2) is 12.1 Å². The monoisotopic (exact) mass is 430 g/mol. The minimum Gasteiger partial charge on any atom is -0.372 e. The van der Waals surface area contributed by atoms with Crippen molar-refractivity contribution in [2.75, 3.05) is 12.4 Å². The van der Waals surface area contributed by atoms with E-state index in [1.807, 2.05) is 0 Å². The quantitative estimate of drug-likeness (QED) is 0.557. The lowest BCUT2D eigenvalue weighted by Gasteiger charge is -2.14. The molecule has 0 saturated heterocycles. The fourth-order valence-corrected chi connectivity index (χ4v) is 2.82. The number of alkyl halides is 6. The number of aromatic nitrogens is 2. The smallest absolute Gasteiger partial charge is 0.372 e. The van der Waals surface area contributed by atoms with Gasteiger partial charge in [0.15, 0.2) is 5.69 Å². The molecule has 13 heteroatoms. The summed E-state index contributed by atoms with van der Waals surface area (Å²) in [5, 5.41) is 13.6. The zero-order valence-electron chi connectivity index (χ0n) is 12.9. The number of hydrogen-bond acceptors (Lipinski definition) is 4. The van der Waals surface area contributed by atoms with Gasteiger partial charge in [-0.1, -0.05) is 23.2 Å². The number of nitriles is 1. The Morgan fingerprint density at radius 2 is 1.70 bits per heavy atom. The first kappa shape index (κ1) is 20.9. The molecule has 144 valence electrons. The molecule has 0 atom stereocenters. The lowest BCUT2D eigenvalue weighted by Crippen LogP contribution is -2.24. The third-order valence-electron chi connectivity index (χ3n) is 3.27. The highest BCUT2D eigenvalue weighted by Crippen LogP contribution is 2.39. The van der Waals surface area contributed by atoms with Gasteiger partial charge in [0.05, 0.1) is 15.6 Å². The third-order valence-corrected chi connectivity index (χ3v) is 3.84. The Bertz CT molecular complexity index is 935. The first-order valence-corrected chi connectivity index (χ1v) is 7.47. The van der Waals surface area contributed by atoms with Gasteiger partial charge in [-0.25, -0.2) is 4.68 Å². The fraction of sp³-hybridized carbons (Fsp3) is 0.214. The number of rotatable bonds is 3.